The Kier molecular flexibility index (Phi) is 1.49. The number of nitrogens with zero attached hydrogens (tertiary/aromatic N) is 1. The maximum absolute atomic E-state index is 11.2. The molecule has 3 nitrogen and oxygen atoms in total. The lowest BCUT2D eigenvalue weighted by atomic mass is 10.1. The van der Waals surface area contributed by atoms with E-state index < -0.39 is 0 Å². The maximum atomic E-state index is 11.2. The fraction of sp³-hybridized carbons (Fsp3) is 0.100. The number of carbonyl (C=O) groups excluding carboxylic acids is 2. The van der Waals surface area contributed by atoms with Crippen LogP contribution < -0.4 is 0 Å². The van der Waals surface area contributed by atoms with Crippen LogP contribution in [0.5, 0.6) is 0 Å². The second-order valence-electron chi connectivity index (χ2n) is 2.90. The summed E-state index contributed by atoms with van der Waals surface area (Å²) in [4.78, 5) is 22.4. The molecule has 0 saturated heterocycles. The average Bonchev–Trinajstić information content (AvgIpc) is 2.42. The number of hydrogen-bond acceptors (Lipinski definition) is 3. The first-order valence-corrected chi connectivity index (χ1v) is 3.83. The van der Waals surface area contributed by atoms with E-state index in [0.29, 0.717) is 16.7 Å². The summed E-state index contributed by atoms with van der Waals surface area (Å²) >= 11 is 0. The Bertz CT molecular complexity index is 454. The third kappa shape index (κ3) is 1.04. The lowest BCUT2D eigenvalue weighted by Gasteiger charge is -1.94. The number of fused-ring (bicyclic) bond motifs is 1. The molecule has 13 heavy (non-hydrogen) atoms. The van der Waals surface area contributed by atoms with Crippen molar-refractivity contribution in [1.82, 2.24) is 0 Å². The van der Waals surface area contributed by atoms with E-state index in [9.17, 15) is 9.59 Å². The molecule has 0 unspecified atom stereocenters. The standard InChI is InChI=1S/C10H5NO2/c11-5-6-1-2-7-8(3-6)10(13)4-9(7)12/h1-3H,4H2. The monoisotopic (exact) mass is 171 g/mol. The van der Waals surface area contributed by atoms with E-state index in [1.807, 2.05) is 6.07 Å². The Morgan fingerprint density at radius 1 is 1.15 bits per heavy atom. The molecule has 0 N–H and O–H groups in total. The topological polar surface area (TPSA) is 57.9 Å². The van der Waals surface area contributed by atoms with Gasteiger partial charge in [0.25, 0.3) is 0 Å². The van der Waals surface area contributed by atoms with Crippen molar-refractivity contribution in [3.8, 4) is 6.07 Å². The molecule has 3 heteroatoms. The van der Waals surface area contributed by atoms with Gasteiger partial charge in [0.1, 0.15) is 0 Å². The van der Waals surface area contributed by atoms with Crippen LogP contribution in [0.2, 0.25) is 0 Å². The molecule has 0 bridgehead atoms. The SMILES string of the molecule is N#Cc1ccc2c(c1)C(=O)CC2=O. The number of Topliss-reactive ketones (excluding diaryl/α,β-unsaturated/α-hetero) is 2. The van der Waals surface area contributed by atoms with Crippen molar-refractivity contribution in [1.29, 1.82) is 5.26 Å². The molecule has 2 rings (SSSR count). The number of carbonyl (C=O) groups is 2. The van der Waals surface area contributed by atoms with Gasteiger partial charge in [0.2, 0.25) is 0 Å². The highest BCUT2D eigenvalue weighted by Crippen LogP contribution is 2.22. The fourth-order valence-corrected chi connectivity index (χ4v) is 1.42. The summed E-state index contributed by atoms with van der Waals surface area (Å²) < 4.78 is 0. The van der Waals surface area contributed by atoms with E-state index in [4.69, 9.17) is 5.26 Å². The lowest BCUT2D eigenvalue weighted by Crippen LogP contribution is -1.91. The summed E-state index contributed by atoms with van der Waals surface area (Å²) in [6.07, 6.45) is -0.0514. The summed E-state index contributed by atoms with van der Waals surface area (Å²) in [6, 6.07) is 6.50. The molecular weight excluding hydrogens is 166 g/mol. The zero-order valence-electron chi connectivity index (χ0n) is 6.70. The van der Waals surface area contributed by atoms with Gasteiger partial charge in [-0.2, -0.15) is 5.26 Å². The van der Waals surface area contributed by atoms with Gasteiger partial charge in [-0.1, -0.05) is 0 Å². The molecule has 0 heterocycles. The third-order valence-corrected chi connectivity index (χ3v) is 2.07. The highest BCUT2D eigenvalue weighted by molar-refractivity contribution is 6.24. The lowest BCUT2D eigenvalue weighted by molar-refractivity contribution is 0.0923. The number of nitriles is 1. The minimum absolute atomic E-state index is 0.0514. The smallest absolute Gasteiger partial charge is 0.171 e. The molecule has 0 spiro atoms. The van der Waals surface area contributed by atoms with Crippen LogP contribution in [0.1, 0.15) is 32.7 Å². The number of ketones is 2. The van der Waals surface area contributed by atoms with Crippen LogP contribution in [0.3, 0.4) is 0 Å². The molecule has 0 radical (unpaired) electrons. The second-order valence-corrected chi connectivity index (χ2v) is 2.90. The van der Waals surface area contributed by atoms with Gasteiger partial charge in [0.05, 0.1) is 18.1 Å². The number of rotatable bonds is 0. The fourth-order valence-electron chi connectivity index (χ4n) is 1.42. The molecule has 1 aliphatic carbocycles. The van der Waals surface area contributed by atoms with E-state index in [1.165, 1.54) is 6.07 Å². The minimum Gasteiger partial charge on any atom is -0.294 e. The molecule has 0 fully saturated rings. The molecule has 1 aromatic rings. The molecule has 1 aliphatic rings. The average molecular weight is 171 g/mol. The molecule has 62 valence electrons. The molecular formula is C10H5NO2. The van der Waals surface area contributed by atoms with Gasteiger partial charge in [-0.3, -0.25) is 9.59 Å². The third-order valence-electron chi connectivity index (χ3n) is 2.07. The van der Waals surface area contributed by atoms with Crippen molar-refractivity contribution in [2.45, 2.75) is 6.42 Å². The predicted molar refractivity (Wildman–Crippen MR) is 44.4 cm³/mol. The molecule has 1 aromatic carbocycles. The van der Waals surface area contributed by atoms with E-state index in [1.54, 1.807) is 12.1 Å². The Balaban J connectivity index is 2.67. The predicted octanol–water partition coefficient (Wildman–Crippen LogP) is 1.33. The van der Waals surface area contributed by atoms with Gasteiger partial charge < -0.3 is 0 Å². The zero-order chi connectivity index (χ0) is 9.42. The minimum atomic E-state index is -0.183. The maximum Gasteiger partial charge on any atom is 0.171 e. The number of benzene rings is 1. The first-order valence-electron chi connectivity index (χ1n) is 3.83. The van der Waals surface area contributed by atoms with E-state index in [-0.39, 0.29) is 18.0 Å². The van der Waals surface area contributed by atoms with Crippen LogP contribution in [0.25, 0.3) is 0 Å². The largest absolute Gasteiger partial charge is 0.294 e. The van der Waals surface area contributed by atoms with Crippen molar-refractivity contribution >= 4 is 11.6 Å². The molecule has 0 amide bonds. The van der Waals surface area contributed by atoms with Crippen molar-refractivity contribution in [2.24, 2.45) is 0 Å². The van der Waals surface area contributed by atoms with Gasteiger partial charge in [-0.15, -0.1) is 0 Å². The normalized spacial score (nSPS) is 14.1. The van der Waals surface area contributed by atoms with Gasteiger partial charge in [-0.05, 0) is 18.2 Å². The van der Waals surface area contributed by atoms with Gasteiger partial charge in [0, 0.05) is 11.1 Å². The Morgan fingerprint density at radius 3 is 2.54 bits per heavy atom. The molecule has 0 atom stereocenters. The van der Waals surface area contributed by atoms with Gasteiger partial charge in [0.15, 0.2) is 11.6 Å². The highest BCUT2D eigenvalue weighted by Gasteiger charge is 2.26. The van der Waals surface area contributed by atoms with Crippen LogP contribution in [-0.4, -0.2) is 11.6 Å². The summed E-state index contributed by atoms with van der Waals surface area (Å²) in [7, 11) is 0. The first-order chi connectivity index (χ1) is 6.22. The molecule has 0 aliphatic heterocycles. The highest BCUT2D eigenvalue weighted by atomic mass is 16.2. The van der Waals surface area contributed by atoms with Crippen molar-refractivity contribution in [2.75, 3.05) is 0 Å². The van der Waals surface area contributed by atoms with Crippen molar-refractivity contribution in [3.05, 3.63) is 34.9 Å². The van der Waals surface area contributed by atoms with Gasteiger partial charge in [-0.25, -0.2) is 0 Å². The summed E-state index contributed by atoms with van der Waals surface area (Å²) in [5, 5.41) is 8.57. The van der Waals surface area contributed by atoms with Gasteiger partial charge >= 0.3 is 0 Å². The molecule has 0 saturated carbocycles. The van der Waals surface area contributed by atoms with Crippen LogP contribution in [-0.2, 0) is 0 Å². The molecule has 0 aromatic heterocycles. The Hall–Kier alpha value is -1.95. The first kappa shape index (κ1) is 7.69. The van der Waals surface area contributed by atoms with Crippen LogP contribution >= 0.6 is 0 Å². The number of hydrogen-bond donors (Lipinski definition) is 0. The summed E-state index contributed by atoms with van der Waals surface area (Å²) in [5.74, 6) is -0.332. The van der Waals surface area contributed by atoms with E-state index in [0.717, 1.165) is 0 Å². The quantitative estimate of drug-likeness (QED) is 0.553. The zero-order valence-corrected chi connectivity index (χ0v) is 6.70. The van der Waals surface area contributed by atoms with Crippen LogP contribution in [0, 0.1) is 11.3 Å². The Morgan fingerprint density at radius 2 is 1.85 bits per heavy atom. The Labute approximate surface area is 74.6 Å². The van der Waals surface area contributed by atoms with Crippen LogP contribution in [0.15, 0.2) is 18.2 Å². The van der Waals surface area contributed by atoms with E-state index in [2.05, 4.69) is 0 Å². The van der Waals surface area contributed by atoms with Crippen LogP contribution in [0.4, 0.5) is 0 Å². The van der Waals surface area contributed by atoms with E-state index >= 15 is 0 Å². The van der Waals surface area contributed by atoms with Crippen molar-refractivity contribution < 1.29 is 9.59 Å². The second kappa shape index (κ2) is 2.53. The van der Waals surface area contributed by atoms with Crippen molar-refractivity contribution in [3.63, 3.8) is 0 Å². The summed E-state index contributed by atoms with van der Waals surface area (Å²) in [6.45, 7) is 0. The summed E-state index contributed by atoms with van der Waals surface area (Å²) in [5.41, 5.74) is 1.26.